The number of ether oxygens (including phenoxy) is 3. The van der Waals surface area contributed by atoms with Crippen molar-refractivity contribution in [2.24, 2.45) is 0 Å². The molecular weight excluding hydrogens is 373 g/mol. The first-order valence-electron chi connectivity index (χ1n) is 9.72. The molecule has 0 aliphatic carbocycles. The van der Waals surface area contributed by atoms with Crippen LogP contribution in [0.15, 0.2) is 60.2 Å². The van der Waals surface area contributed by atoms with E-state index >= 15 is 0 Å². The van der Waals surface area contributed by atoms with Crippen molar-refractivity contribution in [3.8, 4) is 5.75 Å². The van der Waals surface area contributed by atoms with Gasteiger partial charge in [0.2, 0.25) is 0 Å². The van der Waals surface area contributed by atoms with Crippen molar-refractivity contribution in [1.29, 1.82) is 0 Å². The van der Waals surface area contributed by atoms with Crippen LogP contribution in [0.1, 0.15) is 17.5 Å². The number of carbonyl (C=O) groups excluding carboxylic acids is 1. The lowest BCUT2D eigenvalue weighted by molar-refractivity contribution is -0.0374. The zero-order valence-corrected chi connectivity index (χ0v) is 16.3. The second kappa shape index (κ2) is 8.66. The molecule has 2 bridgehead atoms. The van der Waals surface area contributed by atoms with Crippen molar-refractivity contribution in [1.82, 2.24) is 4.90 Å². The number of rotatable bonds is 5. The Kier molecular flexibility index (Phi) is 5.81. The molecule has 0 spiro atoms. The van der Waals surface area contributed by atoms with Gasteiger partial charge in [-0.3, -0.25) is 4.90 Å². The van der Waals surface area contributed by atoms with E-state index in [1.54, 1.807) is 4.90 Å². The predicted octanol–water partition coefficient (Wildman–Crippen LogP) is 4.11. The minimum Gasteiger partial charge on any atom is -0.497 e. The molecule has 0 N–H and O–H groups in total. The number of carbonyl (C=O) groups is 1. The number of hydrogen-bond acceptors (Lipinski definition) is 4. The molecule has 29 heavy (non-hydrogen) atoms. The smallest absolute Gasteiger partial charge is 0.411 e. The highest BCUT2D eigenvalue weighted by Gasteiger charge is 2.38. The Labute approximate surface area is 169 Å². The van der Waals surface area contributed by atoms with Gasteiger partial charge in [0.25, 0.3) is 0 Å². The second-order valence-electron chi connectivity index (χ2n) is 7.41. The fraction of sp³-hybridized carbons (Fsp3) is 0.348. The highest BCUT2D eigenvalue weighted by Crippen LogP contribution is 2.30. The zero-order chi connectivity index (χ0) is 20.2. The first kappa shape index (κ1) is 19.5. The fourth-order valence-corrected chi connectivity index (χ4v) is 4.00. The number of benzene rings is 2. The average Bonchev–Trinajstić information content (AvgIpc) is 2.71. The van der Waals surface area contributed by atoms with Crippen LogP contribution in [0, 0.1) is 5.82 Å². The maximum absolute atomic E-state index is 13.8. The third-order valence-electron chi connectivity index (χ3n) is 5.29. The molecule has 1 amide bonds. The average molecular weight is 397 g/mol. The molecule has 1 saturated heterocycles. The predicted molar refractivity (Wildman–Crippen MR) is 106 cm³/mol. The van der Waals surface area contributed by atoms with E-state index in [0.29, 0.717) is 31.8 Å². The largest absolute Gasteiger partial charge is 0.497 e. The SMILES string of the molecule is COc1cc(F)cc(CC2=CC3COCC(C2)N3C(=O)OCc2ccccc2)c1. The summed E-state index contributed by atoms with van der Waals surface area (Å²) in [6.07, 6.45) is 3.02. The Hall–Kier alpha value is -2.86. The summed E-state index contributed by atoms with van der Waals surface area (Å²) in [4.78, 5) is 14.5. The van der Waals surface area contributed by atoms with Crippen molar-refractivity contribution in [2.75, 3.05) is 20.3 Å². The van der Waals surface area contributed by atoms with E-state index in [4.69, 9.17) is 14.2 Å². The van der Waals surface area contributed by atoms with E-state index in [1.807, 2.05) is 36.4 Å². The molecule has 2 aliphatic rings. The zero-order valence-electron chi connectivity index (χ0n) is 16.3. The summed E-state index contributed by atoms with van der Waals surface area (Å²) in [6, 6.07) is 14.1. The quantitative estimate of drug-likeness (QED) is 0.713. The van der Waals surface area contributed by atoms with Crippen molar-refractivity contribution in [3.05, 3.63) is 77.1 Å². The van der Waals surface area contributed by atoms with Gasteiger partial charge in [0.15, 0.2) is 0 Å². The van der Waals surface area contributed by atoms with E-state index in [-0.39, 0.29) is 30.6 Å². The Balaban J connectivity index is 1.45. The molecule has 2 aromatic carbocycles. The summed E-state index contributed by atoms with van der Waals surface area (Å²) in [5.74, 6) is 0.191. The van der Waals surface area contributed by atoms with Crippen molar-refractivity contribution in [2.45, 2.75) is 31.5 Å². The highest BCUT2D eigenvalue weighted by molar-refractivity contribution is 5.69. The third-order valence-corrected chi connectivity index (χ3v) is 5.29. The Morgan fingerprint density at radius 1 is 1.17 bits per heavy atom. The lowest BCUT2D eigenvalue weighted by atomic mass is 9.90. The lowest BCUT2D eigenvalue weighted by Gasteiger charge is -2.43. The Morgan fingerprint density at radius 2 is 2.00 bits per heavy atom. The summed E-state index contributed by atoms with van der Waals surface area (Å²) in [5.41, 5.74) is 2.98. The van der Waals surface area contributed by atoms with Gasteiger partial charge in [0.1, 0.15) is 18.2 Å². The minimum atomic E-state index is -0.324. The van der Waals surface area contributed by atoms with Crippen LogP contribution in [-0.4, -0.2) is 43.4 Å². The first-order valence-corrected chi connectivity index (χ1v) is 9.72. The highest BCUT2D eigenvalue weighted by atomic mass is 19.1. The van der Waals surface area contributed by atoms with E-state index in [2.05, 4.69) is 6.08 Å². The van der Waals surface area contributed by atoms with E-state index < -0.39 is 0 Å². The lowest BCUT2D eigenvalue weighted by Crippen LogP contribution is -2.56. The van der Waals surface area contributed by atoms with Gasteiger partial charge in [0.05, 0.1) is 32.4 Å². The Bertz CT molecular complexity index is 899. The van der Waals surface area contributed by atoms with Crippen LogP contribution in [0.25, 0.3) is 0 Å². The molecule has 2 aliphatic heterocycles. The van der Waals surface area contributed by atoms with Gasteiger partial charge < -0.3 is 14.2 Å². The van der Waals surface area contributed by atoms with Gasteiger partial charge in [-0.15, -0.1) is 0 Å². The number of methoxy groups -OCH3 is 1. The third kappa shape index (κ3) is 4.59. The molecular formula is C23H24FNO4. The normalized spacial score (nSPS) is 20.8. The topological polar surface area (TPSA) is 48.0 Å². The van der Waals surface area contributed by atoms with E-state index in [0.717, 1.165) is 11.1 Å². The van der Waals surface area contributed by atoms with Crippen LogP contribution in [0.2, 0.25) is 0 Å². The maximum Gasteiger partial charge on any atom is 0.411 e. The van der Waals surface area contributed by atoms with Crippen molar-refractivity contribution < 1.29 is 23.4 Å². The number of fused-ring (bicyclic) bond motifs is 2. The molecule has 1 fully saturated rings. The fourth-order valence-electron chi connectivity index (χ4n) is 4.00. The summed E-state index contributed by atoms with van der Waals surface area (Å²) in [7, 11) is 1.53. The van der Waals surface area contributed by atoms with Crippen LogP contribution in [0.5, 0.6) is 5.75 Å². The van der Waals surface area contributed by atoms with E-state index in [1.165, 1.54) is 24.8 Å². The van der Waals surface area contributed by atoms with Gasteiger partial charge in [-0.2, -0.15) is 0 Å². The molecule has 2 heterocycles. The summed E-state index contributed by atoms with van der Waals surface area (Å²) in [5, 5.41) is 0. The second-order valence-corrected chi connectivity index (χ2v) is 7.41. The van der Waals surface area contributed by atoms with Crippen LogP contribution in [0.4, 0.5) is 9.18 Å². The van der Waals surface area contributed by atoms with Crippen LogP contribution in [-0.2, 0) is 22.5 Å². The molecule has 2 atom stereocenters. The van der Waals surface area contributed by atoms with Gasteiger partial charge in [-0.25, -0.2) is 9.18 Å². The molecule has 152 valence electrons. The van der Waals surface area contributed by atoms with E-state index in [9.17, 15) is 9.18 Å². The molecule has 2 aromatic rings. The maximum atomic E-state index is 13.8. The molecule has 0 radical (unpaired) electrons. The number of morpholine rings is 1. The van der Waals surface area contributed by atoms with Gasteiger partial charge >= 0.3 is 6.09 Å². The minimum absolute atomic E-state index is 0.0764. The molecule has 0 aromatic heterocycles. The molecule has 4 rings (SSSR count). The number of halogens is 1. The van der Waals surface area contributed by atoms with Gasteiger partial charge in [-0.1, -0.05) is 42.0 Å². The summed E-state index contributed by atoms with van der Waals surface area (Å²) in [6.45, 7) is 1.16. The Morgan fingerprint density at radius 3 is 2.76 bits per heavy atom. The van der Waals surface area contributed by atoms with Crippen LogP contribution >= 0.6 is 0 Å². The van der Waals surface area contributed by atoms with Crippen LogP contribution < -0.4 is 4.74 Å². The van der Waals surface area contributed by atoms with Crippen LogP contribution in [0.3, 0.4) is 0 Å². The molecule has 0 saturated carbocycles. The molecule has 2 unspecified atom stereocenters. The summed E-state index contributed by atoms with van der Waals surface area (Å²) >= 11 is 0. The standard InChI is InChI=1S/C23H24FNO4/c1-27-22-11-17(8-19(24)12-22)7-18-9-20-14-28-15-21(10-18)25(20)23(26)29-13-16-5-3-2-4-6-16/h2-6,8-9,11-12,20-21H,7,10,13-15H2,1H3. The van der Waals surface area contributed by atoms with Crippen molar-refractivity contribution in [3.63, 3.8) is 0 Å². The van der Waals surface area contributed by atoms with Crippen molar-refractivity contribution >= 4 is 6.09 Å². The number of amides is 1. The first-order chi connectivity index (χ1) is 14.1. The number of nitrogens with zero attached hydrogens (tertiary/aromatic N) is 1. The monoisotopic (exact) mass is 397 g/mol. The van der Waals surface area contributed by atoms with Gasteiger partial charge in [0, 0.05) is 6.07 Å². The van der Waals surface area contributed by atoms with Gasteiger partial charge in [-0.05, 0) is 36.1 Å². The molecule has 5 nitrogen and oxygen atoms in total. The number of hydrogen-bond donors (Lipinski definition) is 0. The summed E-state index contributed by atoms with van der Waals surface area (Å²) < 4.78 is 30.2. The molecule has 6 heteroatoms.